The number of rotatable bonds is 7. The molecule has 0 aliphatic rings. The fourth-order valence-electron chi connectivity index (χ4n) is 4.12. The summed E-state index contributed by atoms with van der Waals surface area (Å²) in [6.07, 6.45) is 0. The summed E-state index contributed by atoms with van der Waals surface area (Å²) in [6, 6.07) is 24.7. The highest BCUT2D eigenvalue weighted by molar-refractivity contribution is 6.01. The van der Waals surface area contributed by atoms with E-state index in [1.54, 1.807) is 30.3 Å². The Balaban J connectivity index is 1.74. The average Bonchev–Trinajstić information content (AvgIpc) is 2.90. The van der Waals surface area contributed by atoms with E-state index in [-0.39, 0.29) is 16.9 Å². The summed E-state index contributed by atoms with van der Waals surface area (Å²) in [6.45, 7) is 8.27. The van der Waals surface area contributed by atoms with E-state index in [1.165, 1.54) is 13.2 Å². The van der Waals surface area contributed by atoms with Gasteiger partial charge in [-0.3, -0.25) is 10.1 Å². The molecule has 2 N–H and O–H groups in total. The molecule has 8 nitrogen and oxygen atoms in total. The fraction of sp³-hybridized carbons (Fsp3) is 0.194. The number of benzene rings is 4. The fourth-order valence-corrected chi connectivity index (χ4v) is 4.12. The second kappa shape index (κ2) is 11.3. The van der Waals surface area contributed by atoms with Gasteiger partial charge < -0.3 is 20.1 Å². The molecule has 0 radical (unpaired) electrons. The third-order valence-electron chi connectivity index (χ3n) is 6.16. The number of nitrogens with one attached hydrogen (secondary N) is 2. The minimum Gasteiger partial charge on any atom is -0.490 e. The van der Waals surface area contributed by atoms with Gasteiger partial charge in [0, 0.05) is 17.3 Å². The van der Waals surface area contributed by atoms with Crippen LogP contribution >= 0.6 is 0 Å². The Morgan fingerprint density at radius 2 is 1.46 bits per heavy atom. The van der Waals surface area contributed by atoms with Gasteiger partial charge >= 0.3 is 11.7 Å². The first-order chi connectivity index (χ1) is 18.5. The SMILES string of the molecule is COc1ccc(-c2ccc(Oc3ccccc3C(C)(C)C)c(NC(=O)Nc3ccc(C)cc3)c2)cc1[N+](=O)[O-]. The Morgan fingerprint density at radius 3 is 2.10 bits per heavy atom. The first kappa shape index (κ1) is 27.2. The van der Waals surface area contributed by atoms with E-state index < -0.39 is 11.0 Å². The van der Waals surface area contributed by atoms with Crippen LogP contribution in [0.4, 0.5) is 21.9 Å². The summed E-state index contributed by atoms with van der Waals surface area (Å²) in [5, 5.41) is 17.3. The van der Waals surface area contributed by atoms with Gasteiger partial charge in [0.25, 0.3) is 0 Å². The van der Waals surface area contributed by atoms with E-state index in [9.17, 15) is 14.9 Å². The molecule has 0 saturated heterocycles. The third kappa shape index (κ3) is 6.54. The van der Waals surface area contributed by atoms with Gasteiger partial charge in [-0.1, -0.05) is 68.8 Å². The Hall–Kier alpha value is -4.85. The van der Waals surface area contributed by atoms with Gasteiger partial charge in [0.05, 0.1) is 17.7 Å². The molecule has 0 unspecified atom stereocenters. The number of hydrogen-bond acceptors (Lipinski definition) is 5. The van der Waals surface area contributed by atoms with E-state index >= 15 is 0 Å². The van der Waals surface area contributed by atoms with Crippen LogP contribution in [0.15, 0.2) is 84.9 Å². The maximum atomic E-state index is 13.0. The number of anilines is 2. The molecular formula is C31H31N3O5. The first-order valence-electron chi connectivity index (χ1n) is 12.4. The van der Waals surface area contributed by atoms with Gasteiger partial charge in [0.1, 0.15) is 5.75 Å². The monoisotopic (exact) mass is 525 g/mol. The molecule has 0 aliphatic heterocycles. The summed E-state index contributed by atoms with van der Waals surface area (Å²) in [5.41, 5.74) is 4.05. The Bertz CT molecular complexity index is 1510. The number of hydrogen-bond donors (Lipinski definition) is 2. The van der Waals surface area contributed by atoms with Gasteiger partial charge in [-0.15, -0.1) is 0 Å². The molecular weight excluding hydrogens is 494 g/mol. The Morgan fingerprint density at radius 1 is 0.821 bits per heavy atom. The van der Waals surface area contributed by atoms with Crippen LogP contribution in [0.1, 0.15) is 31.9 Å². The number of methoxy groups -OCH3 is 1. The highest BCUT2D eigenvalue weighted by Gasteiger charge is 2.21. The summed E-state index contributed by atoms with van der Waals surface area (Å²) < 4.78 is 11.5. The van der Waals surface area contributed by atoms with Crippen molar-refractivity contribution in [2.75, 3.05) is 17.7 Å². The van der Waals surface area contributed by atoms with E-state index in [0.29, 0.717) is 34.0 Å². The maximum absolute atomic E-state index is 13.0. The molecule has 0 saturated carbocycles. The number of nitro groups is 1. The number of amides is 2. The number of carbonyl (C=O) groups excluding carboxylic acids is 1. The van der Waals surface area contributed by atoms with Crippen molar-refractivity contribution in [2.45, 2.75) is 33.1 Å². The zero-order valence-electron chi connectivity index (χ0n) is 22.6. The van der Waals surface area contributed by atoms with Crippen molar-refractivity contribution in [1.29, 1.82) is 0 Å². The molecule has 0 aromatic heterocycles. The lowest BCUT2D eigenvalue weighted by molar-refractivity contribution is -0.385. The number of aryl methyl sites for hydroxylation is 1. The molecule has 0 atom stereocenters. The minimum absolute atomic E-state index is 0.152. The number of para-hydroxylation sites is 1. The third-order valence-corrected chi connectivity index (χ3v) is 6.16. The highest BCUT2D eigenvalue weighted by atomic mass is 16.6. The average molecular weight is 526 g/mol. The Labute approximate surface area is 227 Å². The van der Waals surface area contributed by atoms with E-state index in [4.69, 9.17) is 9.47 Å². The second-order valence-electron chi connectivity index (χ2n) is 10.1. The zero-order chi connectivity index (χ0) is 28.2. The van der Waals surface area contributed by atoms with Crippen LogP contribution in [0.2, 0.25) is 0 Å². The lowest BCUT2D eigenvalue weighted by Crippen LogP contribution is -2.20. The summed E-state index contributed by atoms with van der Waals surface area (Å²) in [7, 11) is 1.39. The molecule has 4 rings (SSSR count). The normalized spacial score (nSPS) is 11.0. The Kier molecular flexibility index (Phi) is 7.85. The maximum Gasteiger partial charge on any atom is 0.323 e. The van der Waals surface area contributed by atoms with Crippen molar-refractivity contribution in [3.8, 4) is 28.4 Å². The van der Waals surface area contributed by atoms with E-state index in [1.807, 2.05) is 55.5 Å². The molecule has 200 valence electrons. The van der Waals surface area contributed by atoms with Crippen LogP contribution in [0.5, 0.6) is 17.2 Å². The zero-order valence-corrected chi connectivity index (χ0v) is 22.6. The van der Waals surface area contributed by atoms with Crippen LogP contribution in [0.25, 0.3) is 11.1 Å². The van der Waals surface area contributed by atoms with Crippen LogP contribution in [-0.4, -0.2) is 18.1 Å². The van der Waals surface area contributed by atoms with Crippen molar-refractivity contribution in [3.05, 3.63) is 106 Å². The predicted molar refractivity (Wildman–Crippen MR) is 154 cm³/mol. The van der Waals surface area contributed by atoms with Crippen LogP contribution in [0.3, 0.4) is 0 Å². The molecule has 2 amide bonds. The quantitative estimate of drug-likeness (QED) is 0.187. The molecule has 8 heteroatoms. The number of urea groups is 1. The topological polar surface area (TPSA) is 103 Å². The summed E-state index contributed by atoms with van der Waals surface area (Å²) >= 11 is 0. The number of nitro benzene ring substituents is 1. The summed E-state index contributed by atoms with van der Waals surface area (Å²) in [4.78, 5) is 24.1. The van der Waals surface area contributed by atoms with Gasteiger partial charge in [0.15, 0.2) is 11.5 Å². The molecule has 0 aliphatic carbocycles. The van der Waals surface area contributed by atoms with Crippen molar-refractivity contribution in [3.63, 3.8) is 0 Å². The molecule has 4 aromatic carbocycles. The number of ether oxygens (including phenoxy) is 2. The molecule has 0 fully saturated rings. The predicted octanol–water partition coefficient (Wildman–Crippen LogP) is 8.31. The minimum atomic E-state index is -0.489. The van der Waals surface area contributed by atoms with Gasteiger partial charge in [-0.25, -0.2) is 4.79 Å². The lowest BCUT2D eigenvalue weighted by Gasteiger charge is -2.23. The largest absolute Gasteiger partial charge is 0.490 e. The van der Waals surface area contributed by atoms with Crippen molar-refractivity contribution < 1.29 is 19.2 Å². The lowest BCUT2D eigenvalue weighted by atomic mass is 9.86. The molecule has 0 spiro atoms. The van der Waals surface area contributed by atoms with Crippen LogP contribution in [0, 0.1) is 17.0 Å². The summed E-state index contributed by atoms with van der Waals surface area (Å²) in [5.74, 6) is 1.26. The second-order valence-corrected chi connectivity index (χ2v) is 10.1. The van der Waals surface area contributed by atoms with Gasteiger partial charge in [-0.05, 0) is 59.9 Å². The number of nitrogens with zero attached hydrogens (tertiary/aromatic N) is 1. The molecule has 39 heavy (non-hydrogen) atoms. The van der Waals surface area contributed by atoms with E-state index in [2.05, 4.69) is 31.4 Å². The number of carbonyl (C=O) groups is 1. The van der Waals surface area contributed by atoms with E-state index in [0.717, 1.165) is 11.1 Å². The van der Waals surface area contributed by atoms with Crippen LogP contribution < -0.4 is 20.1 Å². The highest BCUT2D eigenvalue weighted by Crippen LogP contribution is 2.39. The molecule has 0 bridgehead atoms. The van der Waals surface area contributed by atoms with Crippen molar-refractivity contribution in [2.24, 2.45) is 0 Å². The van der Waals surface area contributed by atoms with Gasteiger partial charge in [0.2, 0.25) is 0 Å². The standard InChI is InChI=1S/C31H31N3O5/c1-20-10-14-23(15-11-20)32-30(35)33-25-18-21(22-13-17-29(38-5)26(19-22)34(36)37)12-16-28(25)39-27-9-7-6-8-24(27)31(2,3)4/h6-19H,1-5H3,(H2,32,33,35). The molecule has 4 aromatic rings. The van der Waals surface area contributed by atoms with Crippen molar-refractivity contribution >= 4 is 23.1 Å². The first-order valence-corrected chi connectivity index (χ1v) is 12.4. The molecule has 0 heterocycles. The van der Waals surface area contributed by atoms with Crippen LogP contribution in [-0.2, 0) is 5.41 Å². The smallest absolute Gasteiger partial charge is 0.323 e. The van der Waals surface area contributed by atoms with Crippen molar-refractivity contribution in [1.82, 2.24) is 0 Å². The van der Waals surface area contributed by atoms with Gasteiger partial charge in [-0.2, -0.15) is 0 Å².